The molecule has 5 heteroatoms. The van der Waals surface area contributed by atoms with Crippen LogP contribution < -0.4 is 19.5 Å². The summed E-state index contributed by atoms with van der Waals surface area (Å²) in [6, 6.07) is 23.6. The van der Waals surface area contributed by atoms with Gasteiger partial charge in [0.15, 0.2) is 11.5 Å². The molecule has 3 aromatic carbocycles. The molecule has 0 aliphatic carbocycles. The van der Waals surface area contributed by atoms with Gasteiger partial charge in [-0.25, -0.2) is 0 Å². The number of aliphatic hydroxyl groups is 1. The van der Waals surface area contributed by atoms with E-state index in [1.165, 1.54) is 0 Å². The molecule has 3 rings (SSSR count). The average Bonchev–Trinajstić information content (AvgIpc) is 2.81. The van der Waals surface area contributed by atoms with Crippen molar-refractivity contribution in [2.24, 2.45) is 0 Å². The van der Waals surface area contributed by atoms with E-state index in [9.17, 15) is 5.11 Å². The molecule has 0 aliphatic heterocycles. The van der Waals surface area contributed by atoms with Crippen LogP contribution in [0, 0.1) is 0 Å². The molecule has 2 N–H and O–H groups in total. The smallest absolute Gasteiger partial charge is 0.160 e. The summed E-state index contributed by atoms with van der Waals surface area (Å²) >= 11 is 0. The van der Waals surface area contributed by atoms with Gasteiger partial charge >= 0.3 is 0 Å². The Labute approximate surface area is 191 Å². The zero-order chi connectivity index (χ0) is 23.0. The summed E-state index contributed by atoms with van der Waals surface area (Å²) in [6.07, 6.45) is 0.0818. The molecule has 0 aliphatic rings. The van der Waals surface area contributed by atoms with Crippen LogP contribution in [0.5, 0.6) is 17.2 Å². The maximum atomic E-state index is 10.9. The van der Waals surface area contributed by atoms with Crippen LogP contribution in [0.3, 0.4) is 0 Å². The standard InChI is InChI=1S/C27H33NO4/c1-27(2,17-21-14-15-25(30-3)26(16-21)31-4)28-18-23(29)22-12-8-9-13-24(22)32-19-20-10-6-5-7-11-20/h5-16,23,28-29H,17-19H2,1-4H3. The quantitative estimate of drug-likeness (QED) is 0.447. The lowest BCUT2D eigenvalue weighted by Crippen LogP contribution is -2.43. The normalized spacial score (nSPS) is 12.3. The van der Waals surface area contributed by atoms with Crippen LogP contribution in [0.15, 0.2) is 72.8 Å². The third-order valence-corrected chi connectivity index (χ3v) is 5.38. The average molecular weight is 436 g/mol. The molecule has 0 heterocycles. The van der Waals surface area contributed by atoms with Gasteiger partial charge in [0.25, 0.3) is 0 Å². The number of ether oxygens (including phenoxy) is 3. The second-order valence-corrected chi connectivity index (χ2v) is 8.46. The number of nitrogens with one attached hydrogen (secondary N) is 1. The van der Waals surface area contributed by atoms with E-state index < -0.39 is 6.10 Å². The molecule has 0 bridgehead atoms. The van der Waals surface area contributed by atoms with Crippen LogP contribution in [-0.2, 0) is 13.0 Å². The van der Waals surface area contributed by atoms with Gasteiger partial charge in [-0.15, -0.1) is 0 Å². The summed E-state index contributed by atoms with van der Waals surface area (Å²) in [5.74, 6) is 2.12. The van der Waals surface area contributed by atoms with E-state index >= 15 is 0 Å². The Balaban J connectivity index is 1.61. The lowest BCUT2D eigenvalue weighted by Gasteiger charge is -2.29. The van der Waals surface area contributed by atoms with Crippen molar-refractivity contribution in [1.82, 2.24) is 5.32 Å². The van der Waals surface area contributed by atoms with E-state index in [1.54, 1.807) is 14.2 Å². The van der Waals surface area contributed by atoms with E-state index in [-0.39, 0.29) is 5.54 Å². The van der Waals surface area contributed by atoms with E-state index in [4.69, 9.17) is 14.2 Å². The zero-order valence-corrected chi connectivity index (χ0v) is 19.3. The minimum atomic E-state index is -0.688. The Morgan fingerprint density at radius 2 is 1.50 bits per heavy atom. The van der Waals surface area contributed by atoms with E-state index in [2.05, 4.69) is 19.2 Å². The van der Waals surface area contributed by atoms with Crippen LogP contribution >= 0.6 is 0 Å². The van der Waals surface area contributed by atoms with Gasteiger partial charge in [-0.1, -0.05) is 54.6 Å². The van der Waals surface area contributed by atoms with E-state index in [1.807, 2.05) is 72.8 Å². The zero-order valence-electron chi connectivity index (χ0n) is 19.3. The Hall–Kier alpha value is -3.02. The fourth-order valence-electron chi connectivity index (χ4n) is 3.67. The second-order valence-electron chi connectivity index (χ2n) is 8.46. The van der Waals surface area contributed by atoms with Gasteiger partial charge in [-0.2, -0.15) is 0 Å². The van der Waals surface area contributed by atoms with Crippen molar-refractivity contribution in [2.45, 2.75) is 38.5 Å². The van der Waals surface area contributed by atoms with Crippen LogP contribution in [0.2, 0.25) is 0 Å². The Morgan fingerprint density at radius 1 is 0.812 bits per heavy atom. The van der Waals surface area contributed by atoms with Crippen molar-refractivity contribution in [1.29, 1.82) is 0 Å². The Kier molecular flexibility index (Phi) is 8.14. The highest BCUT2D eigenvalue weighted by molar-refractivity contribution is 5.43. The maximum Gasteiger partial charge on any atom is 0.160 e. The van der Waals surface area contributed by atoms with E-state index in [0.717, 1.165) is 23.1 Å². The molecule has 32 heavy (non-hydrogen) atoms. The number of benzene rings is 3. The molecule has 1 unspecified atom stereocenters. The number of methoxy groups -OCH3 is 2. The van der Waals surface area contributed by atoms with Crippen molar-refractivity contribution in [3.05, 3.63) is 89.5 Å². The lowest BCUT2D eigenvalue weighted by atomic mass is 9.94. The van der Waals surface area contributed by atoms with Crippen molar-refractivity contribution in [2.75, 3.05) is 20.8 Å². The minimum Gasteiger partial charge on any atom is -0.493 e. The van der Waals surface area contributed by atoms with Crippen LogP contribution in [0.25, 0.3) is 0 Å². The molecule has 0 fully saturated rings. The number of hydrogen-bond donors (Lipinski definition) is 2. The molecule has 1 atom stereocenters. The predicted octanol–water partition coefficient (Wildman–Crippen LogP) is 4.93. The van der Waals surface area contributed by atoms with Crippen molar-refractivity contribution >= 4 is 0 Å². The minimum absolute atomic E-state index is 0.236. The molecule has 3 aromatic rings. The lowest BCUT2D eigenvalue weighted by molar-refractivity contribution is 0.154. The highest BCUT2D eigenvalue weighted by atomic mass is 16.5. The monoisotopic (exact) mass is 435 g/mol. The number of hydrogen-bond acceptors (Lipinski definition) is 5. The molecule has 5 nitrogen and oxygen atoms in total. The first-order valence-electron chi connectivity index (χ1n) is 10.8. The third-order valence-electron chi connectivity index (χ3n) is 5.38. The summed E-state index contributed by atoms with van der Waals surface area (Å²) in [4.78, 5) is 0. The Morgan fingerprint density at radius 3 is 2.22 bits per heavy atom. The largest absolute Gasteiger partial charge is 0.493 e. The van der Waals surface area contributed by atoms with Crippen LogP contribution in [0.4, 0.5) is 0 Å². The fourth-order valence-corrected chi connectivity index (χ4v) is 3.67. The van der Waals surface area contributed by atoms with Crippen LogP contribution in [-0.4, -0.2) is 31.4 Å². The summed E-state index contributed by atoms with van der Waals surface area (Å²) in [5.41, 5.74) is 2.76. The molecule has 0 amide bonds. The molecule has 0 saturated heterocycles. The maximum absolute atomic E-state index is 10.9. The molecule has 170 valence electrons. The summed E-state index contributed by atoms with van der Waals surface area (Å²) < 4.78 is 16.7. The van der Waals surface area contributed by atoms with Gasteiger partial charge in [0.05, 0.1) is 20.3 Å². The number of para-hydroxylation sites is 1. The SMILES string of the molecule is COc1ccc(CC(C)(C)NCC(O)c2ccccc2OCc2ccccc2)cc1OC. The highest BCUT2D eigenvalue weighted by Crippen LogP contribution is 2.30. The highest BCUT2D eigenvalue weighted by Gasteiger charge is 2.22. The van der Waals surface area contributed by atoms with Crippen molar-refractivity contribution in [3.63, 3.8) is 0 Å². The number of β-amino-alcohol motifs (C(OH)–C–C–N with tert-alkyl or cyclic N) is 1. The van der Waals surface area contributed by atoms with Gasteiger partial charge in [0.1, 0.15) is 12.4 Å². The fraction of sp³-hybridized carbons (Fsp3) is 0.333. The van der Waals surface area contributed by atoms with Gasteiger partial charge in [0, 0.05) is 17.6 Å². The molecule has 0 aromatic heterocycles. The molecular weight excluding hydrogens is 402 g/mol. The molecule has 0 saturated carbocycles. The van der Waals surface area contributed by atoms with Crippen LogP contribution in [0.1, 0.15) is 36.6 Å². The molecule has 0 radical (unpaired) electrons. The van der Waals surface area contributed by atoms with Gasteiger partial charge in [-0.3, -0.25) is 0 Å². The first kappa shape index (κ1) is 23.6. The van der Waals surface area contributed by atoms with Crippen molar-refractivity contribution in [3.8, 4) is 17.2 Å². The first-order valence-corrected chi connectivity index (χ1v) is 10.8. The number of aliphatic hydroxyl groups excluding tert-OH is 1. The topological polar surface area (TPSA) is 60.0 Å². The van der Waals surface area contributed by atoms with Gasteiger partial charge in [0.2, 0.25) is 0 Å². The summed E-state index contributed by atoms with van der Waals surface area (Å²) in [5, 5.41) is 14.4. The number of rotatable bonds is 11. The third kappa shape index (κ3) is 6.49. The summed E-state index contributed by atoms with van der Waals surface area (Å²) in [6.45, 7) is 5.11. The molecule has 0 spiro atoms. The van der Waals surface area contributed by atoms with Gasteiger partial charge in [-0.05, 0) is 49.6 Å². The molecular formula is C27H33NO4. The van der Waals surface area contributed by atoms with Gasteiger partial charge < -0.3 is 24.6 Å². The Bertz CT molecular complexity index is 988. The first-order chi connectivity index (χ1) is 15.4. The summed E-state index contributed by atoms with van der Waals surface area (Å²) in [7, 11) is 3.27. The van der Waals surface area contributed by atoms with Crippen molar-refractivity contribution < 1.29 is 19.3 Å². The van der Waals surface area contributed by atoms with E-state index in [0.29, 0.717) is 30.4 Å². The predicted molar refractivity (Wildman–Crippen MR) is 128 cm³/mol. The second kappa shape index (κ2) is 11.0.